The van der Waals surface area contributed by atoms with E-state index in [1.54, 1.807) is 46.8 Å². The Morgan fingerprint density at radius 2 is 1.86 bits per heavy atom. The van der Waals surface area contributed by atoms with E-state index in [1.165, 1.54) is 11.0 Å². The Balaban J connectivity index is 2.97. The molecule has 0 aromatic carbocycles. The lowest BCUT2D eigenvalue weighted by Gasteiger charge is -2.34. The van der Waals surface area contributed by atoms with Crippen molar-refractivity contribution in [1.82, 2.24) is 4.90 Å². The zero-order valence-electron chi connectivity index (χ0n) is 14.0. The molecule has 1 aliphatic heterocycles. The molecule has 1 aliphatic rings. The molecule has 1 heterocycles. The van der Waals surface area contributed by atoms with Crippen LogP contribution in [0.3, 0.4) is 0 Å². The molecule has 0 radical (unpaired) electrons. The second-order valence-electron chi connectivity index (χ2n) is 6.69. The minimum Gasteiger partial charge on any atom is -0.478 e. The fourth-order valence-electron chi connectivity index (χ4n) is 2.36. The second-order valence-corrected chi connectivity index (χ2v) is 6.69. The fraction of sp³-hybridized carbons (Fsp3) is 0.625. The van der Waals surface area contributed by atoms with Gasteiger partial charge < -0.3 is 14.6 Å². The molecule has 6 heteroatoms. The monoisotopic (exact) mass is 311 g/mol. The summed E-state index contributed by atoms with van der Waals surface area (Å²) >= 11 is 0. The highest BCUT2D eigenvalue weighted by atomic mass is 16.6. The molecule has 1 saturated heterocycles. The summed E-state index contributed by atoms with van der Waals surface area (Å²) in [6, 6.07) is -0.330. The minimum absolute atomic E-state index is 0.225. The van der Waals surface area contributed by atoms with Gasteiger partial charge in [0.25, 0.3) is 0 Å². The van der Waals surface area contributed by atoms with Crippen LogP contribution in [0.2, 0.25) is 0 Å². The highest BCUT2D eigenvalue weighted by Gasteiger charge is 2.48. The largest absolute Gasteiger partial charge is 0.478 e. The van der Waals surface area contributed by atoms with Gasteiger partial charge in [-0.3, -0.25) is 4.90 Å². The molecule has 6 nitrogen and oxygen atoms in total. The summed E-state index contributed by atoms with van der Waals surface area (Å²) in [5.74, 6) is -1.02. The predicted molar refractivity (Wildman–Crippen MR) is 82.4 cm³/mol. The van der Waals surface area contributed by atoms with Crippen LogP contribution in [0.15, 0.2) is 24.3 Å². The number of allylic oxidation sites excluding steroid dienone is 2. The van der Waals surface area contributed by atoms with Gasteiger partial charge in [0, 0.05) is 6.08 Å². The van der Waals surface area contributed by atoms with Crippen LogP contribution in [0.5, 0.6) is 0 Å². The average molecular weight is 311 g/mol. The SMILES string of the molecule is C[C@H]1OC(C)(C)N(C(=O)OC(C)(C)C)[C@H]1/C=C/C=C/C(=O)O. The van der Waals surface area contributed by atoms with Crippen LogP contribution in [0, 0.1) is 0 Å². The lowest BCUT2D eigenvalue weighted by Crippen LogP contribution is -2.49. The number of hydrogen-bond donors (Lipinski definition) is 1. The number of nitrogens with zero attached hydrogens (tertiary/aromatic N) is 1. The van der Waals surface area contributed by atoms with Gasteiger partial charge in [-0.1, -0.05) is 18.2 Å². The van der Waals surface area contributed by atoms with E-state index in [1.807, 2.05) is 6.92 Å². The average Bonchev–Trinajstić information content (AvgIpc) is 2.51. The van der Waals surface area contributed by atoms with Gasteiger partial charge in [-0.15, -0.1) is 0 Å². The second kappa shape index (κ2) is 6.52. The van der Waals surface area contributed by atoms with Crippen LogP contribution < -0.4 is 0 Å². The fourth-order valence-corrected chi connectivity index (χ4v) is 2.36. The third-order valence-corrected chi connectivity index (χ3v) is 3.08. The van der Waals surface area contributed by atoms with Crippen LogP contribution in [0.4, 0.5) is 4.79 Å². The van der Waals surface area contributed by atoms with Crippen molar-refractivity contribution >= 4 is 12.1 Å². The van der Waals surface area contributed by atoms with E-state index < -0.39 is 23.4 Å². The Kier molecular flexibility index (Phi) is 5.40. The van der Waals surface area contributed by atoms with Crippen LogP contribution in [-0.4, -0.2) is 45.5 Å². The molecule has 1 amide bonds. The van der Waals surface area contributed by atoms with Gasteiger partial charge in [0.15, 0.2) is 0 Å². The quantitative estimate of drug-likeness (QED) is 0.640. The number of carbonyl (C=O) groups is 2. The summed E-state index contributed by atoms with van der Waals surface area (Å²) < 4.78 is 11.3. The molecule has 0 bridgehead atoms. The van der Waals surface area contributed by atoms with Gasteiger partial charge in [-0.2, -0.15) is 0 Å². The van der Waals surface area contributed by atoms with E-state index in [0.717, 1.165) is 6.08 Å². The maximum absolute atomic E-state index is 12.5. The number of carboxylic acids is 1. The molecular weight excluding hydrogens is 286 g/mol. The third kappa shape index (κ3) is 4.87. The maximum Gasteiger partial charge on any atom is 0.413 e. The van der Waals surface area contributed by atoms with Crippen molar-refractivity contribution in [3.8, 4) is 0 Å². The topological polar surface area (TPSA) is 76.1 Å². The van der Waals surface area contributed by atoms with Crippen molar-refractivity contribution in [2.45, 2.75) is 65.0 Å². The molecule has 0 saturated carbocycles. The lowest BCUT2D eigenvalue weighted by atomic mass is 10.1. The highest BCUT2D eigenvalue weighted by Crippen LogP contribution is 2.34. The van der Waals surface area contributed by atoms with E-state index in [0.29, 0.717) is 0 Å². The maximum atomic E-state index is 12.5. The number of aliphatic carboxylic acids is 1. The molecular formula is C16H25NO5. The first-order chi connectivity index (χ1) is 9.94. The Bertz CT molecular complexity index is 487. The number of rotatable bonds is 3. The van der Waals surface area contributed by atoms with Crippen LogP contribution in [0.25, 0.3) is 0 Å². The normalized spacial score (nSPS) is 25.1. The van der Waals surface area contributed by atoms with Crippen molar-refractivity contribution in [2.75, 3.05) is 0 Å². The minimum atomic E-state index is -1.02. The van der Waals surface area contributed by atoms with Gasteiger partial charge in [0.2, 0.25) is 0 Å². The zero-order valence-corrected chi connectivity index (χ0v) is 14.0. The molecule has 124 valence electrons. The van der Waals surface area contributed by atoms with Gasteiger partial charge in [0.05, 0.1) is 12.1 Å². The predicted octanol–water partition coefficient (Wildman–Crippen LogP) is 2.94. The van der Waals surface area contributed by atoms with Crippen molar-refractivity contribution in [2.24, 2.45) is 0 Å². The lowest BCUT2D eigenvalue weighted by molar-refractivity contribution is -0.131. The van der Waals surface area contributed by atoms with E-state index in [-0.39, 0.29) is 12.1 Å². The van der Waals surface area contributed by atoms with E-state index >= 15 is 0 Å². The summed E-state index contributed by atoms with van der Waals surface area (Å²) in [6.45, 7) is 10.9. The Hall–Kier alpha value is -1.82. The van der Waals surface area contributed by atoms with Crippen LogP contribution >= 0.6 is 0 Å². The highest BCUT2D eigenvalue weighted by molar-refractivity contribution is 5.80. The Morgan fingerprint density at radius 1 is 1.27 bits per heavy atom. The van der Waals surface area contributed by atoms with Gasteiger partial charge >= 0.3 is 12.1 Å². The van der Waals surface area contributed by atoms with E-state index in [2.05, 4.69) is 0 Å². The van der Waals surface area contributed by atoms with Crippen molar-refractivity contribution < 1.29 is 24.2 Å². The van der Waals surface area contributed by atoms with Gasteiger partial charge in [-0.05, 0) is 41.5 Å². The van der Waals surface area contributed by atoms with E-state index in [4.69, 9.17) is 14.6 Å². The zero-order chi connectivity index (χ0) is 17.1. The molecule has 0 aliphatic carbocycles. The van der Waals surface area contributed by atoms with Crippen LogP contribution in [0.1, 0.15) is 41.5 Å². The molecule has 0 unspecified atom stereocenters. The van der Waals surface area contributed by atoms with Crippen molar-refractivity contribution in [3.63, 3.8) is 0 Å². The molecule has 0 spiro atoms. The molecule has 1 N–H and O–H groups in total. The number of ether oxygens (including phenoxy) is 2. The summed E-state index contributed by atoms with van der Waals surface area (Å²) in [6.07, 6.45) is 5.09. The van der Waals surface area contributed by atoms with E-state index in [9.17, 15) is 9.59 Å². The van der Waals surface area contributed by atoms with Crippen molar-refractivity contribution in [1.29, 1.82) is 0 Å². The third-order valence-electron chi connectivity index (χ3n) is 3.08. The number of hydrogen-bond acceptors (Lipinski definition) is 4. The first kappa shape index (κ1) is 18.2. The number of amides is 1. The molecule has 1 rings (SSSR count). The first-order valence-electron chi connectivity index (χ1n) is 7.22. The molecule has 1 fully saturated rings. The number of carbonyl (C=O) groups excluding carboxylic acids is 1. The Morgan fingerprint density at radius 3 is 2.36 bits per heavy atom. The summed E-state index contributed by atoms with van der Waals surface area (Å²) in [7, 11) is 0. The molecule has 22 heavy (non-hydrogen) atoms. The number of carboxylic acid groups (broad SMARTS) is 1. The molecule has 2 atom stereocenters. The Labute approximate surface area is 131 Å². The van der Waals surface area contributed by atoms with Gasteiger partial charge in [0.1, 0.15) is 11.3 Å². The molecule has 0 aromatic heterocycles. The summed E-state index contributed by atoms with van der Waals surface area (Å²) in [5, 5.41) is 8.58. The smallest absolute Gasteiger partial charge is 0.413 e. The van der Waals surface area contributed by atoms with Crippen molar-refractivity contribution in [3.05, 3.63) is 24.3 Å². The summed E-state index contributed by atoms with van der Waals surface area (Å²) in [5.41, 5.74) is -1.40. The molecule has 0 aromatic rings. The summed E-state index contributed by atoms with van der Waals surface area (Å²) in [4.78, 5) is 24.4. The standard InChI is InChI=1S/C16H25NO5/c1-11-12(9-7-8-10-13(18)19)17(16(5,6)21-11)14(20)22-15(2,3)4/h7-12H,1-6H3,(H,18,19)/b9-7+,10-8+/t11-,12+/m1/s1. The first-order valence-corrected chi connectivity index (χ1v) is 7.22. The van der Waals surface area contributed by atoms with Crippen LogP contribution in [-0.2, 0) is 14.3 Å². The van der Waals surface area contributed by atoms with Gasteiger partial charge in [-0.25, -0.2) is 9.59 Å².